The summed E-state index contributed by atoms with van der Waals surface area (Å²) in [6.45, 7) is 1.98. The van der Waals surface area contributed by atoms with Crippen LogP contribution in [0.4, 0.5) is 5.69 Å². The van der Waals surface area contributed by atoms with Gasteiger partial charge in [-0.3, -0.25) is 9.48 Å². The van der Waals surface area contributed by atoms with E-state index in [1.165, 1.54) is 0 Å². The van der Waals surface area contributed by atoms with Crippen LogP contribution in [0.2, 0.25) is 0 Å². The van der Waals surface area contributed by atoms with Crippen molar-refractivity contribution in [2.24, 2.45) is 7.05 Å². The van der Waals surface area contributed by atoms with Gasteiger partial charge in [0.1, 0.15) is 6.07 Å². The van der Waals surface area contributed by atoms with Crippen molar-refractivity contribution in [2.45, 2.75) is 13.3 Å². The van der Waals surface area contributed by atoms with Gasteiger partial charge in [-0.05, 0) is 30.2 Å². The Hall–Kier alpha value is -3.96. The minimum absolute atomic E-state index is 0.307. The van der Waals surface area contributed by atoms with Crippen molar-refractivity contribution in [3.63, 3.8) is 0 Å². The molecule has 7 nitrogen and oxygen atoms in total. The third kappa shape index (κ3) is 2.82. The first kappa shape index (κ1) is 19.0. The molecule has 0 atom stereocenters. The minimum Gasteiger partial charge on any atom is -0.398 e. The lowest BCUT2D eigenvalue weighted by molar-refractivity contribution is 0.777. The van der Waals surface area contributed by atoms with Crippen molar-refractivity contribution in [1.82, 2.24) is 20.0 Å². The van der Waals surface area contributed by atoms with Gasteiger partial charge >= 0.3 is 0 Å². The molecule has 0 fully saturated rings. The topological polar surface area (TPSA) is 113 Å². The number of thiophene rings is 1. The van der Waals surface area contributed by atoms with Crippen LogP contribution in [-0.2, 0) is 13.5 Å². The number of nitrogens with two attached hydrogens (primary N) is 1. The molecule has 0 aliphatic carbocycles. The second kappa shape index (κ2) is 7.07. The monoisotopic (exact) mass is 426 g/mol. The molecule has 0 saturated heterocycles. The van der Waals surface area contributed by atoms with Gasteiger partial charge in [0.2, 0.25) is 0 Å². The van der Waals surface area contributed by atoms with E-state index < -0.39 is 0 Å². The van der Waals surface area contributed by atoms with Crippen LogP contribution in [0.5, 0.6) is 0 Å². The first-order valence-corrected chi connectivity index (χ1v) is 10.6. The number of aromatic amines is 1. The van der Waals surface area contributed by atoms with Gasteiger partial charge in [0, 0.05) is 33.8 Å². The number of nitrogens with one attached hydrogen (secondary N) is 1. The predicted molar refractivity (Wildman–Crippen MR) is 124 cm³/mol. The minimum atomic E-state index is -0.307. The highest BCUT2D eigenvalue weighted by Crippen LogP contribution is 2.43. The molecule has 5 aromatic rings. The lowest BCUT2D eigenvalue weighted by atomic mass is 9.98. The second-order valence-electron chi connectivity index (χ2n) is 7.29. The van der Waals surface area contributed by atoms with Crippen molar-refractivity contribution in [3.05, 3.63) is 64.2 Å². The molecule has 0 amide bonds. The molecule has 8 heteroatoms. The Morgan fingerprint density at radius 1 is 1.26 bits per heavy atom. The van der Waals surface area contributed by atoms with Crippen molar-refractivity contribution in [1.29, 1.82) is 5.26 Å². The van der Waals surface area contributed by atoms with Crippen molar-refractivity contribution in [3.8, 4) is 27.8 Å². The second-order valence-corrected chi connectivity index (χ2v) is 8.34. The number of benzene rings is 2. The first-order chi connectivity index (χ1) is 15.0. The van der Waals surface area contributed by atoms with Gasteiger partial charge in [-0.1, -0.05) is 25.1 Å². The molecule has 0 bridgehead atoms. The molecule has 0 unspecified atom stereocenters. The quantitative estimate of drug-likeness (QED) is 0.419. The van der Waals surface area contributed by atoms with Gasteiger partial charge in [0.25, 0.3) is 5.56 Å². The summed E-state index contributed by atoms with van der Waals surface area (Å²) < 4.78 is 2.82. The van der Waals surface area contributed by atoms with Crippen LogP contribution < -0.4 is 11.3 Å². The lowest BCUT2D eigenvalue weighted by Crippen LogP contribution is -2.12. The maximum Gasteiger partial charge on any atom is 0.274 e. The fourth-order valence-electron chi connectivity index (χ4n) is 4.05. The van der Waals surface area contributed by atoms with Gasteiger partial charge in [-0.15, -0.1) is 11.3 Å². The van der Waals surface area contributed by atoms with Crippen LogP contribution >= 0.6 is 11.3 Å². The van der Waals surface area contributed by atoms with E-state index in [1.807, 2.05) is 44.3 Å². The van der Waals surface area contributed by atoms with Gasteiger partial charge in [0.05, 0.1) is 33.4 Å². The number of rotatable bonds is 3. The summed E-state index contributed by atoms with van der Waals surface area (Å²) in [4.78, 5) is 13.2. The van der Waals surface area contributed by atoms with E-state index >= 15 is 0 Å². The summed E-state index contributed by atoms with van der Waals surface area (Å²) in [5, 5.41) is 23.2. The van der Waals surface area contributed by atoms with Gasteiger partial charge in [0.15, 0.2) is 0 Å². The summed E-state index contributed by atoms with van der Waals surface area (Å²) in [5.41, 5.74) is 10.3. The maximum absolute atomic E-state index is 12.3. The van der Waals surface area contributed by atoms with Crippen molar-refractivity contribution >= 4 is 37.9 Å². The number of H-pyrrole nitrogens is 1. The fourth-order valence-corrected chi connectivity index (χ4v) is 5.29. The molecular formula is C23H18N6OS. The number of nitrogen functional groups attached to an aromatic ring is 1. The van der Waals surface area contributed by atoms with Gasteiger partial charge < -0.3 is 5.73 Å². The average Bonchev–Trinajstić information content (AvgIpc) is 3.33. The zero-order valence-electron chi connectivity index (χ0n) is 16.9. The van der Waals surface area contributed by atoms with Gasteiger partial charge in [-0.2, -0.15) is 15.5 Å². The van der Waals surface area contributed by atoms with Crippen molar-refractivity contribution in [2.75, 3.05) is 5.73 Å². The smallest absolute Gasteiger partial charge is 0.274 e. The molecule has 0 radical (unpaired) electrons. The van der Waals surface area contributed by atoms with Crippen molar-refractivity contribution < 1.29 is 0 Å². The normalized spacial score (nSPS) is 11.3. The number of fused-ring (bicyclic) bond motifs is 2. The Bertz CT molecular complexity index is 1580. The number of nitriles is 1. The number of aromatic nitrogens is 4. The molecule has 3 N–H and O–H groups in total. The zero-order chi connectivity index (χ0) is 21.7. The molecule has 0 aliphatic heterocycles. The molecule has 3 aromatic heterocycles. The van der Waals surface area contributed by atoms with E-state index in [0.29, 0.717) is 23.1 Å². The van der Waals surface area contributed by atoms with E-state index in [9.17, 15) is 10.1 Å². The van der Waals surface area contributed by atoms with E-state index in [-0.39, 0.29) is 5.56 Å². The number of anilines is 1. The van der Waals surface area contributed by atoms with Crippen LogP contribution in [0.15, 0.2) is 47.4 Å². The van der Waals surface area contributed by atoms with Crippen LogP contribution in [0.3, 0.4) is 0 Å². The Balaban J connectivity index is 1.82. The van der Waals surface area contributed by atoms with E-state index in [1.54, 1.807) is 28.3 Å². The molecule has 0 saturated carbocycles. The summed E-state index contributed by atoms with van der Waals surface area (Å²) >= 11 is 1.57. The highest BCUT2D eigenvalue weighted by atomic mass is 32.1. The highest BCUT2D eigenvalue weighted by Gasteiger charge is 2.22. The Morgan fingerprint density at radius 3 is 2.84 bits per heavy atom. The molecule has 2 aromatic carbocycles. The zero-order valence-corrected chi connectivity index (χ0v) is 17.7. The van der Waals surface area contributed by atoms with Crippen LogP contribution in [-0.4, -0.2) is 20.0 Å². The summed E-state index contributed by atoms with van der Waals surface area (Å²) in [6.07, 6.45) is 2.43. The molecule has 3 heterocycles. The SMILES string of the molecule is CCc1n[nH]c(=O)c2c(N)cc(-c3cnn(C)c3-c3sc4ccccc4c3C#N)cc12. The average molecular weight is 427 g/mol. The third-order valence-electron chi connectivity index (χ3n) is 5.51. The first-order valence-electron chi connectivity index (χ1n) is 9.78. The highest BCUT2D eigenvalue weighted by molar-refractivity contribution is 7.22. The standard InChI is InChI=1S/C23H18N6OS/c1-3-18-14-8-12(9-17(25)20(14)23(30)28-27-18)16-11-26-29(2)21(16)22-15(10-24)13-6-4-5-7-19(13)31-22/h4-9,11H,3,25H2,1-2H3,(H,28,30). The number of aryl methyl sites for hydroxylation is 2. The molecule has 0 spiro atoms. The predicted octanol–water partition coefficient (Wildman–Crippen LogP) is 4.22. The van der Waals surface area contributed by atoms with Gasteiger partial charge in [-0.25, -0.2) is 5.10 Å². The molecule has 152 valence electrons. The summed E-state index contributed by atoms with van der Waals surface area (Å²) in [5.74, 6) is 0. The Morgan fingerprint density at radius 2 is 2.06 bits per heavy atom. The molecule has 5 rings (SSSR count). The van der Waals surface area contributed by atoms with E-state index in [0.717, 1.165) is 42.9 Å². The van der Waals surface area contributed by atoms with Crippen LogP contribution in [0.25, 0.3) is 42.6 Å². The summed E-state index contributed by atoms with van der Waals surface area (Å²) in [6, 6.07) is 14.0. The van der Waals surface area contributed by atoms with E-state index in [2.05, 4.69) is 21.4 Å². The largest absolute Gasteiger partial charge is 0.398 e. The lowest BCUT2D eigenvalue weighted by Gasteiger charge is -2.10. The molecule has 31 heavy (non-hydrogen) atoms. The van der Waals surface area contributed by atoms with E-state index in [4.69, 9.17) is 5.73 Å². The number of hydrogen-bond donors (Lipinski definition) is 2. The Kier molecular flexibility index (Phi) is 4.34. The number of hydrogen-bond acceptors (Lipinski definition) is 6. The number of nitrogens with zero attached hydrogens (tertiary/aromatic N) is 4. The molecular weight excluding hydrogens is 408 g/mol. The summed E-state index contributed by atoms with van der Waals surface area (Å²) in [7, 11) is 1.86. The fraction of sp³-hybridized carbons (Fsp3) is 0.130. The van der Waals surface area contributed by atoms with Crippen LogP contribution in [0, 0.1) is 11.3 Å². The Labute approximate surface area is 181 Å². The maximum atomic E-state index is 12.3. The van der Waals surface area contributed by atoms with Crippen LogP contribution in [0.1, 0.15) is 18.2 Å². The molecule has 0 aliphatic rings. The third-order valence-corrected chi connectivity index (χ3v) is 6.68.